The van der Waals surface area contributed by atoms with E-state index in [2.05, 4.69) is 27.5 Å². The van der Waals surface area contributed by atoms with Crippen LogP contribution in [0.4, 0.5) is 0 Å². The predicted octanol–water partition coefficient (Wildman–Crippen LogP) is 3.72. The van der Waals surface area contributed by atoms with E-state index >= 15 is 0 Å². The molecule has 170 valence electrons. The number of fused-ring (bicyclic) bond motifs is 1. The number of rotatable bonds is 7. The minimum absolute atomic E-state index is 0.217. The molecule has 3 aromatic rings. The summed E-state index contributed by atoms with van der Waals surface area (Å²) in [6, 6.07) is 10.1. The molecule has 0 saturated carbocycles. The molecule has 0 bridgehead atoms. The van der Waals surface area contributed by atoms with Crippen molar-refractivity contribution < 1.29 is 18.7 Å². The predicted molar refractivity (Wildman–Crippen MR) is 129 cm³/mol. The van der Waals surface area contributed by atoms with Gasteiger partial charge in [0.25, 0.3) is 5.56 Å². The molecule has 0 amide bonds. The number of carbonyl (C=O) groups excluding carboxylic acids is 1. The highest BCUT2D eigenvalue weighted by atomic mass is 79.9. The van der Waals surface area contributed by atoms with Crippen LogP contribution in [0.5, 0.6) is 5.75 Å². The van der Waals surface area contributed by atoms with Crippen molar-refractivity contribution in [1.29, 1.82) is 0 Å². The normalized spacial score (nSPS) is 15.7. The van der Waals surface area contributed by atoms with Gasteiger partial charge in [-0.1, -0.05) is 36.1 Å². The minimum atomic E-state index is -0.681. The average molecular weight is 529 g/mol. The largest absolute Gasteiger partial charge is 0.490 e. The van der Waals surface area contributed by atoms with Crippen LogP contribution in [0.25, 0.3) is 6.08 Å². The van der Waals surface area contributed by atoms with Gasteiger partial charge in [-0.05, 0) is 59.6 Å². The topological polar surface area (TPSA) is 83.0 Å². The van der Waals surface area contributed by atoms with Gasteiger partial charge in [0, 0.05) is 6.08 Å². The highest BCUT2D eigenvalue weighted by Gasteiger charge is 2.33. The monoisotopic (exact) mass is 528 g/mol. The van der Waals surface area contributed by atoms with Crippen LogP contribution in [0.2, 0.25) is 0 Å². The summed E-state index contributed by atoms with van der Waals surface area (Å²) in [6.07, 6.45) is 3.33. The Bertz CT molecular complexity index is 1410. The van der Waals surface area contributed by atoms with E-state index in [0.29, 0.717) is 43.4 Å². The number of halogens is 1. The van der Waals surface area contributed by atoms with E-state index in [9.17, 15) is 9.59 Å². The second-order valence-electron chi connectivity index (χ2n) is 7.11. The lowest BCUT2D eigenvalue weighted by molar-refractivity contribution is -0.139. The maximum absolute atomic E-state index is 13.5. The first-order valence-electron chi connectivity index (χ1n) is 10.2. The summed E-state index contributed by atoms with van der Waals surface area (Å²) >= 11 is 4.51. The van der Waals surface area contributed by atoms with Crippen molar-refractivity contribution in [3.05, 3.63) is 96.0 Å². The van der Waals surface area contributed by atoms with Gasteiger partial charge in [-0.15, -0.1) is 0 Å². The summed E-state index contributed by atoms with van der Waals surface area (Å²) in [5, 5.41) is 0. The Morgan fingerprint density at radius 3 is 2.70 bits per heavy atom. The smallest absolute Gasteiger partial charge is 0.338 e. The molecular formula is C24H21BrN2O5S. The van der Waals surface area contributed by atoms with Crippen molar-refractivity contribution in [3.8, 4) is 5.75 Å². The molecular weight excluding hydrogens is 508 g/mol. The number of ether oxygens (including phenoxy) is 2. The van der Waals surface area contributed by atoms with Gasteiger partial charge >= 0.3 is 5.97 Å². The van der Waals surface area contributed by atoms with Crippen LogP contribution < -0.4 is 19.6 Å². The van der Waals surface area contributed by atoms with Crippen LogP contribution in [0.3, 0.4) is 0 Å². The van der Waals surface area contributed by atoms with Crippen molar-refractivity contribution in [2.45, 2.75) is 19.9 Å². The van der Waals surface area contributed by atoms with E-state index in [1.807, 2.05) is 12.1 Å². The zero-order valence-electron chi connectivity index (χ0n) is 18.0. The van der Waals surface area contributed by atoms with Crippen LogP contribution in [0.15, 0.2) is 79.2 Å². The number of thiazole rings is 1. The van der Waals surface area contributed by atoms with E-state index in [4.69, 9.17) is 13.9 Å². The van der Waals surface area contributed by atoms with Crippen molar-refractivity contribution in [1.82, 2.24) is 4.57 Å². The molecule has 0 spiro atoms. The molecule has 1 aliphatic rings. The molecule has 0 radical (unpaired) electrons. The summed E-state index contributed by atoms with van der Waals surface area (Å²) in [5.41, 5.74) is 1.32. The number of benzene rings is 1. The molecule has 0 saturated heterocycles. The maximum atomic E-state index is 13.5. The zero-order valence-corrected chi connectivity index (χ0v) is 20.4. The molecule has 0 fully saturated rings. The van der Waals surface area contributed by atoms with Crippen molar-refractivity contribution >= 4 is 39.3 Å². The quantitative estimate of drug-likeness (QED) is 0.344. The third-order valence-electron chi connectivity index (χ3n) is 4.95. The second-order valence-corrected chi connectivity index (χ2v) is 8.90. The second kappa shape index (κ2) is 9.76. The van der Waals surface area contributed by atoms with E-state index in [0.717, 1.165) is 5.56 Å². The minimum Gasteiger partial charge on any atom is -0.490 e. The number of hydrogen-bond donors (Lipinski definition) is 0. The zero-order chi connectivity index (χ0) is 23.5. The molecule has 4 rings (SSSR count). The fourth-order valence-electron chi connectivity index (χ4n) is 3.54. The molecule has 33 heavy (non-hydrogen) atoms. The molecule has 0 aliphatic carbocycles. The van der Waals surface area contributed by atoms with E-state index in [-0.39, 0.29) is 12.2 Å². The Hall–Kier alpha value is -3.17. The Balaban J connectivity index is 1.88. The summed E-state index contributed by atoms with van der Waals surface area (Å²) < 4.78 is 19.0. The van der Waals surface area contributed by atoms with Gasteiger partial charge in [0.05, 0.1) is 28.5 Å². The fraction of sp³-hybridized carbons (Fsp3) is 0.208. The Morgan fingerprint density at radius 2 is 2.06 bits per heavy atom. The Kier molecular flexibility index (Phi) is 6.80. The molecule has 0 N–H and O–H groups in total. The van der Waals surface area contributed by atoms with Crippen LogP contribution in [0, 0.1) is 0 Å². The van der Waals surface area contributed by atoms with Gasteiger partial charge in [0.15, 0.2) is 9.47 Å². The van der Waals surface area contributed by atoms with Gasteiger partial charge in [0.1, 0.15) is 18.1 Å². The number of nitrogens with zero attached hydrogens (tertiary/aromatic N) is 2. The van der Waals surface area contributed by atoms with Crippen LogP contribution >= 0.6 is 27.3 Å². The van der Waals surface area contributed by atoms with Crippen LogP contribution in [-0.2, 0) is 9.53 Å². The Morgan fingerprint density at radius 1 is 1.30 bits per heavy atom. The van der Waals surface area contributed by atoms with Crippen molar-refractivity contribution in [3.63, 3.8) is 0 Å². The van der Waals surface area contributed by atoms with Gasteiger partial charge in [-0.2, -0.15) is 0 Å². The van der Waals surface area contributed by atoms with E-state index in [1.165, 1.54) is 15.9 Å². The number of furan rings is 1. The lowest BCUT2D eigenvalue weighted by Crippen LogP contribution is -2.39. The average Bonchev–Trinajstić information content (AvgIpc) is 3.34. The van der Waals surface area contributed by atoms with Crippen LogP contribution in [-0.4, -0.2) is 23.8 Å². The van der Waals surface area contributed by atoms with Crippen molar-refractivity contribution in [2.75, 3.05) is 13.2 Å². The van der Waals surface area contributed by atoms with E-state index in [1.54, 1.807) is 50.3 Å². The van der Waals surface area contributed by atoms with Gasteiger partial charge in [0.2, 0.25) is 0 Å². The maximum Gasteiger partial charge on any atom is 0.338 e. The van der Waals surface area contributed by atoms with Gasteiger partial charge in [-0.25, -0.2) is 9.79 Å². The molecule has 1 atom stereocenters. The SMILES string of the molecule is C=CCOc1ccc(C2C(C(=O)OCC)=C(C)N=c3s/c(=C/c4ccc(Br)o4)c(=O)n32)cc1. The first-order chi connectivity index (χ1) is 15.9. The van der Waals surface area contributed by atoms with Crippen LogP contribution in [0.1, 0.15) is 31.2 Å². The molecule has 1 unspecified atom stereocenters. The fourth-order valence-corrected chi connectivity index (χ4v) is 4.89. The molecule has 1 aliphatic heterocycles. The summed E-state index contributed by atoms with van der Waals surface area (Å²) in [5.74, 6) is 0.696. The summed E-state index contributed by atoms with van der Waals surface area (Å²) in [4.78, 5) is 31.4. The molecule has 9 heteroatoms. The number of esters is 1. The number of aromatic nitrogens is 1. The highest BCUT2D eigenvalue weighted by Crippen LogP contribution is 2.31. The molecule has 3 heterocycles. The highest BCUT2D eigenvalue weighted by molar-refractivity contribution is 9.10. The first kappa shape index (κ1) is 23.0. The number of allylic oxidation sites excluding steroid dienone is 1. The molecule has 2 aromatic heterocycles. The lowest BCUT2D eigenvalue weighted by Gasteiger charge is -2.24. The summed E-state index contributed by atoms with van der Waals surface area (Å²) in [7, 11) is 0. The van der Waals surface area contributed by atoms with E-state index < -0.39 is 12.0 Å². The van der Waals surface area contributed by atoms with Crippen molar-refractivity contribution in [2.24, 2.45) is 4.99 Å². The number of carbonyl (C=O) groups is 1. The standard InChI is InChI=1S/C24H21BrN2O5S/c1-4-12-31-16-8-6-15(7-9-16)21-20(23(29)30-5-2)14(3)26-24-27(21)22(28)18(33-24)13-17-10-11-19(25)32-17/h4,6-11,13,21H,1,5,12H2,2-3H3/b18-13+. The Labute approximate surface area is 202 Å². The third-order valence-corrected chi connectivity index (χ3v) is 6.36. The van der Waals surface area contributed by atoms with Gasteiger partial charge < -0.3 is 13.9 Å². The molecule has 7 nitrogen and oxygen atoms in total. The van der Waals surface area contributed by atoms with Gasteiger partial charge in [-0.3, -0.25) is 9.36 Å². The summed E-state index contributed by atoms with van der Waals surface area (Å²) in [6.45, 7) is 7.74. The first-order valence-corrected chi connectivity index (χ1v) is 11.8. The number of hydrogen-bond acceptors (Lipinski definition) is 7. The third kappa shape index (κ3) is 4.65. The molecule has 1 aromatic carbocycles. The lowest BCUT2D eigenvalue weighted by atomic mass is 9.96.